The zero-order valence-corrected chi connectivity index (χ0v) is 6.80. The van der Waals surface area contributed by atoms with Crippen LogP contribution in [-0.2, 0) is 4.74 Å². The zero-order valence-electron chi connectivity index (χ0n) is 6.04. The predicted molar refractivity (Wildman–Crippen MR) is 40.2 cm³/mol. The third kappa shape index (κ3) is 5.60. The van der Waals surface area contributed by atoms with Gasteiger partial charge in [0.2, 0.25) is 0 Å². The van der Waals surface area contributed by atoms with Gasteiger partial charge in [0.05, 0.1) is 5.29 Å². The Kier molecular flexibility index (Phi) is 5.46. The molecule has 0 saturated carbocycles. The monoisotopic (exact) mass is 180 g/mol. The molecule has 1 amide bonds. The normalized spacial score (nSPS) is 11.8. The molecule has 1 unspecified atom stereocenters. The lowest BCUT2D eigenvalue weighted by Crippen LogP contribution is -2.23. The number of hydrogen-bond donors (Lipinski definition) is 1. The quantitative estimate of drug-likeness (QED) is 0.404. The van der Waals surface area contributed by atoms with E-state index >= 15 is 0 Å². The van der Waals surface area contributed by atoms with E-state index in [2.05, 4.69) is 10.0 Å². The molecule has 0 spiro atoms. The number of carbonyl (C=O) groups excluding carboxylic acids is 1. The van der Waals surface area contributed by atoms with Gasteiger partial charge in [0.15, 0.2) is 0 Å². The second-order valence-corrected chi connectivity index (χ2v) is 2.27. The summed E-state index contributed by atoms with van der Waals surface area (Å²) in [5.74, 6) is 0.406. The van der Waals surface area contributed by atoms with Crippen molar-refractivity contribution in [1.82, 2.24) is 5.43 Å². The standard InChI is InChI=1S/C5H9ClN2O3/c1-4(2-3-6)11-5(9)7-8-10/h4H,2-3H2,1H3,(H,7,9,10). The molecule has 5 nitrogen and oxygen atoms in total. The van der Waals surface area contributed by atoms with Gasteiger partial charge in [-0.15, -0.1) is 16.5 Å². The number of nitrogens with one attached hydrogen (secondary N) is 1. The Morgan fingerprint density at radius 1 is 1.82 bits per heavy atom. The number of nitroso groups, excluding NO2 is 1. The second-order valence-electron chi connectivity index (χ2n) is 1.90. The lowest BCUT2D eigenvalue weighted by molar-refractivity contribution is 0.105. The van der Waals surface area contributed by atoms with E-state index in [0.29, 0.717) is 12.3 Å². The maximum Gasteiger partial charge on any atom is 0.430 e. The van der Waals surface area contributed by atoms with Gasteiger partial charge >= 0.3 is 6.09 Å². The van der Waals surface area contributed by atoms with Crippen molar-refractivity contribution in [2.45, 2.75) is 19.4 Å². The molecule has 0 aromatic carbocycles. The number of alkyl halides is 1. The van der Waals surface area contributed by atoms with Gasteiger partial charge < -0.3 is 4.74 Å². The van der Waals surface area contributed by atoms with Gasteiger partial charge in [0.25, 0.3) is 0 Å². The topological polar surface area (TPSA) is 67.8 Å². The number of rotatable bonds is 4. The Labute approximate surface area is 69.0 Å². The summed E-state index contributed by atoms with van der Waals surface area (Å²) in [6, 6.07) is 0. The van der Waals surface area contributed by atoms with Crippen LogP contribution in [0.1, 0.15) is 13.3 Å². The molecule has 0 bridgehead atoms. The molecule has 0 saturated heterocycles. The van der Waals surface area contributed by atoms with E-state index in [1.807, 2.05) is 0 Å². The van der Waals surface area contributed by atoms with E-state index in [1.54, 1.807) is 12.3 Å². The molecule has 0 radical (unpaired) electrons. The maximum atomic E-state index is 10.5. The minimum Gasteiger partial charge on any atom is -0.445 e. The smallest absolute Gasteiger partial charge is 0.430 e. The van der Waals surface area contributed by atoms with Crippen LogP contribution in [0.3, 0.4) is 0 Å². The van der Waals surface area contributed by atoms with Crippen molar-refractivity contribution in [2.24, 2.45) is 5.29 Å². The van der Waals surface area contributed by atoms with Crippen molar-refractivity contribution < 1.29 is 9.53 Å². The van der Waals surface area contributed by atoms with Crippen LogP contribution in [0.2, 0.25) is 0 Å². The first-order valence-electron chi connectivity index (χ1n) is 3.05. The lowest BCUT2D eigenvalue weighted by atomic mass is 10.3. The van der Waals surface area contributed by atoms with Gasteiger partial charge in [0, 0.05) is 5.88 Å². The molecule has 0 rings (SSSR count). The molecule has 6 heteroatoms. The molecule has 0 fully saturated rings. The molecule has 0 aromatic heterocycles. The SMILES string of the molecule is CC(CCCl)OC(=O)NN=O. The highest BCUT2D eigenvalue weighted by Gasteiger charge is 2.07. The first kappa shape index (κ1) is 10.2. The van der Waals surface area contributed by atoms with E-state index in [1.165, 1.54) is 0 Å². The molecule has 1 N–H and O–H groups in total. The Morgan fingerprint density at radius 2 is 2.45 bits per heavy atom. The summed E-state index contributed by atoms with van der Waals surface area (Å²) in [6.07, 6.45) is -0.597. The Bertz CT molecular complexity index is 142. The maximum absolute atomic E-state index is 10.5. The third-order valence-electron chi connectivity index (χ3n) is 0.961. The average Bonchev–Trinajstić information content (AvgIpc) is 1.87. The first-order valence-corrected chi connectivity index (χ1v) is 3.59. The summed E-state index contributed by atoms with van der Waals surface area (Å²) >= 11 is 5.36. The average molecular weight is 181 g/mol. The van der Waals surface area contributed by atoms with Gasteiger partial charge in [-0.05, 0) is 13.3 Å². The number of carbonyl (C=O) groups is 1. The molecule has 64 valence electrons. The van der Waals surface area contributed by atoms with E-state index in [9.17, 15) is 9.70 Å². The van der Waals surface area contributed by atoms with Crippen molar-refractivity contribution in [2.75, 3.05) is 5.88 Å². The Hall–Kier alpha value is -0.840. The fourth-order valence-corrected chi connectivity index (χ4v) is 0.766. The lowest BCUT2D eigenvalue weighted by Gasteiger charge is -2.08. The summed E-state index contributed by atoms with van der Waals surface area (Å²) in [7, 11) is 0. The number of ether oxygens (including phenoxy) is 1. The zero-order chi connectivity index (χ0) is 8.69. The number of hydrogen-bond acceptors (Lipinski definition) is 4. The summed E-state index contributed by atoms with van der Waals surface area (Å²) in [6.45, 7) is 1.67. The van der Waals surface area contributed by atoms with Crippen LogP contribution in [0.4, 0.5) is 4.79 Å². The first-order chi connectivity index (χ1) is 5.20. The van der Waals surface area contributed by atoms with Crippen LogP contribution in [0, 0.1) is 4.91 Å². The second kappa shape index (κ2) is 5.91. The number of nitrogens with zero attached hydrogens (tertiary/aromatic N) is 1. The number of amides is 1. The van der Waals surface area contributed by atoms with Crippen molar-refractivity contribution in [3.63, 3.8) is 0 Å². The van der Waals surface area contributed by atoms with Crippen molar-refractivity contribution in [3.05, 3.63) is 4.91 Å². The van der Waals surface area contributed by atoms with Crippen LogP contribution in [0.15, 0.2) is 5.29 Å². The van der Waals surface area contributed by atoms with E-state index in [4.69, 9.17) is 11.6 Å². The fraction of sp³-hybridized carbons (Fsp3) is 0.800. The third-order valence-corrected chi connectivity index (χ3v) is 1.18. The van der Waals surface area contributed by atoms with Crippen LogP contribution in [-0.4, -0.2) is 18.1 Å². The van der Waals surface area contributed by atoms with E-state index in [0.717, 1.165) is 0 Å². The molecular weight excluding hydrogens is 172 g/mol. The van der Waals surface area contributed by atoms with Gasteiger partial charge in [-0.2, -0.15) is 5.43 Å². The summed E-state index contributed by atoms with van der Waals surface area (Å²) in [5.41, 5.74) is 1.60. The molecule has 1 atom stereocenters. The van der Waals surface area contributed by atoms with Crippen LogP contribution >= 0.6 is 11.6 Å². The Morgan fingerprint density at radius 3 is 2.91 bits per heavy atom. The van der Waals surface area contributed by atoms with Crippen LogP contribution < -0.4 is 5.43 Å². The van der Waals surface area contributed by atoms with Gasteiger partial charge in [-0.25, -0.2) is 4.79 Å². The Balaban J connectivity index is 3.48. The van der Waals surface area contributed by atoms with Crippen molar-refractivity contribution in [3.8, 4) is 0 Å². The van der Waals surface area contributed by atoms with E-state index in [-0.39, 0.29) is 6.10 Å². The summed E-state index contributed by atoms with van der Waals surface area (Å²) in [4.78, 5) is 19.9. The molecule has 0 aromatic rings. The molecular formula is C5H9ClN2O3. The molecule has 0 heterocycles. The number of halogens is 1. The minimum atomic E-state index is -0.849. The highest BCUT2D eigenvalue weighted by atomic mass is 35.5. The van der Waals surface area contributed by atoms with Crippen LogP contribution in [0.25, 0.3) is 0 Å². The molecule has 0 aliphatic carbocycles. The van der Waals surface area contributed by atoms with Gasteiger partial charge in [-0.1, -0.05) is 0 Å². The van der Waals surface area contributed by atoms with Crippen molar-refractivity contribution >= 4 is 17.7 Å². The fourth-order valence-electron chi connectivity index (χ4n) is 0.459. The largest absolute Gasteiger partial charge is 0.445 e. The van der Waals surface area contributed by atoms with Gasteiger partial charge in [-0.3, -0.25) is 0 Å². The minimum absolute atomic E-state index is 0.297. The highest BCUT2D eigenvalue weighted by molar-refractivity contribution is 6.17. The predicted octanol–water partition coefficient (Wildman–Crippen LogP) is 1.41. The van der Waals surface area contributed by atoms with Crippen molar-refractivity contribution in [1.29, 1.82) is 0 Å². The van der Waals surface area contributed by atoms with Gasteiger partial charge in [0.1, 0.15) is 6.10 Å². The highest BCUT2D eigenvalue weighted by Crippen LogP contribution is 1.98. The molecule has 0 aliphatic rings. The summed E-state index contributed by atoms with van der Waals surface area (Å²) < 4.78 is 4.60. The molecule has 11 heavy (non-hydrogen) atoms. The summed E-state index contributed by atoms with van der Waals surface area (Å²) in [5, 5.41) is 2.14. The van der Waals surface area contributed by atoms with E-state index < -0.39 is 6.09 Å². The molecule has 0 aliphatic heterocycles. The van der Waals surface area contributed by atoms with Crippen LogP contribution in [0.5, 0.6) is 0 Å².